The molecule has 0 spiro atoms. The molecule has 0 bridgehead atoms. The maximum absolute atomic E-state index is 8.88. The molecule has 0 radical (unpaired) electrons. The summed E-state index contributed by atoms with van der Waals surface area (Å²) in [6.07, 6.45) is 0.720. The predicted molar refractivity (Wildman–Crippen MR) is 79.4 cm³/mol. The average Bonchev–Trinajstić information content (AvgIpc) is 2.66. The Balaban J connectivity index is 2.00. The third kappa shape index (κ3) is 3.18. The van der Waals surface area contributed by atoms with E-state index in [-0.39, 0.29) is 6.61 Å². The lowest BCUT2D eigenvalue weighted by Gasteiger charge is -2.08. The maximum Gasteiger partial charge on any atom is 0.0471 e. The minimum absolute atomic E-state index is 0.204. The zero-order chi connectivity index (χ0) is 13.8. The van der Waals surface area contributed by atoms with Gasteiger partial charge in [0.2, 0.25) is 0 Å². The molecule has 0 fully saturated rings. The smallest absolute Gasteiger partial charge is 0.0471 e. The molecule has 0 amide bonds. The van der Waals surface area contributed by atoms with E-state index in [0.29, 0.717) is 0 Å². The third-order valence-electron chi connectivity index (χ3n) is 3.72. The van der Waals surface area contributed by atoms with Gasteiger partial charge in [0.15, 0.2) is 0 Å². The number of hydrogen-bond donors (Lipinski definition) is 2. The summed E-state index contributed by atoms with van der Waals surface area (Å²) in [5, 5.41) is 12.3. The van der Waals surface area contributed by atoms with Crippen molar-refractivity contribution < 1.29 is 5.11 Å². The highest BCUT2D eigenvalue weighted by atomic mass is 16.2. The largest absolute Gasteiger partial charge is 0.396 e. The zero-order valence-electron chi connectivity index (χ0n) is 11.9. The molecule has 0 aliphatic heterocycles. The highest BCUT2D eigenvalue weighted by molar-refractivity contribution is 5.45. The van der Waals surface area contributed by atoms with E-state index in [1.165, 1.54) is 22.5 Å². The molecule has 0 saturated heterocycles. The number of aromatic nitrogens is 1. The molecule has 3 nitrogen and oxygen atoms in total. The predicted octanol–water partition coefficient (Wildman–Crippen LogP) is 2.79. The second-order valence-corrected chi connectivity index (χ2v) is 4.98. The minimum atomic E-state index is 0.204. The molecule has 2 rings (SSSR count). The Hall–Kier alpha value is -1.74. The molecule has 3 heteroatoms. The van der Waals surface area contributed by atoms with Crippen LogP contribution in [0.1, 0.15) is 22.5 Å². The summed E-state index contributed by atoms with van der Waals surface area (Å²) in [6.45, 7) is 5.32. The summed E-state index contributed by atoms with van der Waals surface area (Å²) in [6, 6.07) is 10.5. The van der Waals surface area contributed by atoms with Gasteiger partial charge in [-0.1, -0.05) is 12.1 Å². The Kier molecular flexibility index (Phi) is 4.27. The van der Waals surface area contributed by atoms with Crippen molar-refractivity contribution in [1.82, 2.24) is 4.57 Å². The van der Waals surface area contributed by atoms with E-state index in [2.05, 4.69) is 61.1 Å². The van der Waals surface area contributed by atoms with E-state index in [1.54, 1.807) is 0 Å². The zero-order valence-corrected chi connectivity index (χ0v) is 11.9. The number of anilines is 1. The van der Waals surface area contributed by atoms with Crippen molar-refractivity contribution >= 4 is 5.69 Å². The molecule has 0 unspecified atom stereocenters. The van der Waals surface area contributed by atoms with Gasteiger partial charge in [0, 0.05) is 37.3 Å². The quantitative estimate of drug-likeness (QED) is 0.865. The molecular formula is C16H22N2O. The van der Waals surface area contributed by atoms with Gasteiger partial charge in [-0.25, -0.2) is 0 Å². The fourth-order valence-electron chi connectivity index (χ4n) is 2.23. The van der Waals surface area contributed by atoms with Gasteiger partial charge in [-0.3, -0.25) is 0 Å². The lowest BCUT2D eigenvalue weighted by Crippen LogP contribution is -2.01. The molecule has 0 aliphatic rings. The maximum atomic E-state index is 8.88. The van der Waals surface area contributed by atoms with Crippen molar-refractivity contribution in [2.75, 3.05) is 11.9 Å². The molecule has 19 heavy (non-hydrogen) atoms. The molecule has 0 atom stereocenters. The highest BCUT2D eigenvalue weighted by Gasteiger charge is 2.05. The molecule has 1 aromatic carbocycles. The normalized spacial score (nSPS) is 10.7. The number of nitrogens with one attached hydrogen (secondary N) is 1. The molecule has 1 aromatic heterocycles. The molecule has 2 N–H and O–H groups in total. The highest BCUT2D eigenvalue weighted by Crippen LogP contribution is 2.16. The summed E-state index contributed by atoms with van der Waals surface area (Å²) >= 11 is 0. The standard InChI is InChI=1S/C16H22N2O/c1-12-10-15(13(2)18(12)3)11-17-16-6-4-14(5-7-16)8-9-19/h4-7,10,17,19H,8-9,11H2,1-3H3. The van der Waals surface area contributed by atoms with Crippen LogP contribution in [0.25, 0.3) is 0 Å². The van der Waals surface area contributed by atoms with Crippen LogP contribution in [-0.2, 0) is 20.0 Å². The van der Waals surface area contributed by atoms with E-state index >= 15 is 0 Å². The first-order valence-electron chi connectivity index (χ1n) is 6.67. The van der Waals surface area contributed by atoms with Gasteiger partial charge in [0.05, 0.1) is 0 Å². The van der Waals surface area contributed by atoms with E-state index in [4.69, 9.17) is 5.11 Å². The Morgan fingerprint density at radius 1 is 1.16 bits per heavy atom. The summed E-state index contributed by atoms with van der Waals surface area (Å²) in [5.74, 6) is 0. The van der Waals surface area contributed by atoms with E-state index in [0.717, 1.165) is 18.7 Å². The van der Waals surface area contributed by atoms with Gasteiger partial charge in [-0.15, -0.1) is 0 Å². The average molecular weight is 258 g/mol. The summed E-state index contributed by atoms with van der Waals surface area (Å²) in [7, 11) is 2.10. The first-order chi connectivity index (χ1) is 9.11. The second-order valence-electron chi connectivity index (χ2n) is 4.98. The fourth-order valence-corrected chi connectivity index (χ4v) is 2.23. The Labute approximate surface area is 114 Å². The number of nitrogens with zero attached hydrogens (tertiary/aromatic N) is 1. The van der Waals surface area contributed by atoms with Gasteiger partial charge in [-0.05, 0) is 49.6 Å². The molecule has 0 saturated carbocycles. The van der Waals surface area contributed by atoms with Crippen LogP contribution < -0.4 is 5.32 Å². The van der Waals surface area contributed by atoms with Crippen LogP contribution in [0, 0.1) is 13.8 Å². The number of aliphatic hydroxyl groups is 1. The topological polar surface area (TPSA) is 37.2 Å². The number of aryl methyl sites for hydroxylation is 1. The van der Waals surface area contributed by atoms with Crippen molar-refractivity contribution in [3.8, 4) is 0 Å². The van der Waals surface area contributed by atoms with Crippen LogP contribution in [0.3, 0.4) is 0 Å². The Morgan fingerprint density at radius 2 is 1.84 bits per heavy atom. The molecule has 102 valence electrons. The number of hydrogen-bond acceptors (Lipinski definition) is 2. The van der Waals surface area contributed by atoms with Crippen LogP contribution in [0.4, 0.5) is 5.69 Å². The Bertz CT molecular complexity index is 541. The van der Waals surface area contributed by atoms with Crippen LogP contribution >= 0.6 is 0 Å². The molecule has 1 heterocycles. The first kappa shape index (κ1) is 13.7. The second kappa shape index (κ2) is 5.93. The van der Waals surface area contributed by atoms with Crippen LogP contribution in [0.2, 0.25) is 0 Å². The van der Waals surface area contributed by atoms with Crippen molar-refractivity contribution in [1.29, 1.82) is 0 Å². The monoisotopic (exact) mass is 258 g/mol. The molecule has 0 aliphatic carbocycles. The molecular weight excluding hydrogens is 236 g/mol. The summed E-state index contributed by atoms with van der Waals surface area (Å²) in [4.78, 5) is 0. The van der Waals surface area contributed by atoms with Gasteiger partial charge < -0.3 is 15.0 Å². The number of aliphatic hydroxyl groups excluding tert-OH is 1. The van der Waals surface area contributed by atoms with Crippen LogP contribution in [-0.4, -0.2) is 16.3 Å². The SMILES string of the molecule is Cc1cc(CNc2ccc(CCO)cc2)c(C)n1C. The van der Waals surface area contributed by atoms with E-state index < -0.39 is 0 Å². The van der Waals surface area contributed by atoms with Gasteiger partial charge in [0.1, 0.15) is 0 Å². The fraction of sp³-hybridized carbons (Fsp3) is 0.375. The van der Waals surface area contributed by atoms with Crippen LogP contribution in [0.15, 0.2) is 30.3 Å². The number of benzene rings is 1. The van der Waals surface area contributed by atoms with Crippen molar-refractivity contribution in [3.63, 3.8) is 0 Å². The third-order valence-corrected chi connectivity index (χ3v) is 3.72. The van der Waals surface area contributed by atoms with Crippen LogP contribution in [0.5, 0.6) is 0 Å². The number of rotatable bonds is 5. The minimum Gasteiger partial charge on any atom is -0.396 e. The summed E-state index contributed by atoms with van der Waals surface area (Å²) < 4.78 is 2.21. The van der Waals surface area contributed by atoms with Crippen molar-refractivity contribution in [2.24, 2.45) is 7.05 Å². The van der Waals surface area contributed by atoms with Gasteiger partial charge in [0.25, 0.3) is 0 Å². The lowest BCUT2D eigenvalue weighted by atomic mass is 10.1. The first-order valence-corrected chi connectivity index (χ1v) is 6.67. The van der Waals surface area contributed by atoms with Gasteiger partial charge >= 0.3 is 0 Å². The van der Waals surface area contributed by atoms with Gasteiger partial charge in [-0.2, -0.15) is 0 Å². The Morgan fingerprint density at radius 3 is 2.37 bits per heavy atom. The molecule has 2 aromatic rings. The van der Waals surface area contributed by atoms with Crippen molar-refractivity contribution in [3.05, 3.63) is 52.8 Å². The van der Waals surface area contributed by atoms with Crippen molar-refractivity contribution in [2.45, 2.75) is 26.8 Å². The van der Waals surface area contributed by atoms with E-state index in [9.17, 15) is 0 Å². The van der Waals surface area contributed by atoms with E-state index in [1.807, 2.05) is 0 Å². The summed E-state index contributed by atoms with van der Waals surface area (Å²) in [5.41, 5.74) is 6.20. The lowest BCUT2D eigenvalue weighted by molar-refractivity contribution is 0.299.